The Hall–Kier alpha value is -1.84. The van der Waals surface area contributed by atoms with Crippen LogP contribution in [-0.4, -0.2) is 30.9 Å². The van der Waals surface area contributed by atoms with E-state index in [4.69, 9.17) is 4.74 Å². The van der Waals surface area contributed by atoms with Crippen molar-refractivity contribution in [3.05, 3.63) is 29.8 Å². The maximum absolute atomic E-state index is 12.3. The molecule has 4 nitrogen and oxygen atoms in total. The zero-order valence-corrected chi connectivity index (χ0v) is 12.8. The van der Waals surface area contributed by atoms with E-state index in [1.54, 1.807) is 0 Å². The van der Waals surface area contributed by atoms with Crippen LogP contribution in [0.25, 0.3) is 0 Å². The summed E-state index contributed by atoms with van der Waals surface area (Å²) in [6.45, 7) is 4.97. The van der Waals surface area contributed by atoms with Crippen molar-refractivity contribution in [2.75, 3.05) is 18.1 Å². The molecule has 1 aromatic carbocycles. The van der Waals surface area contributed by atoms with Crippen LogP contribution in [0.5, 0.6) is 0 Å². The summed E-state index contributed by atoms with van der Waals surface area (Å²) in [4.78, 5) is 26.5. The summed E-state index contributed by atoms with van der Waals surface area (Å²) in [5.74, 6) is -0.0318. The lowest BCUT2D eigenvalue weighted by Gasteiger charge is -2.31. The Morgan fingerprint density at radius 3 is 2.81 bits per heavy atom. The molecule has 0 spiro atoms. The van der Waals surface area contributed by atoms with E-state index in [0.717, 1.165) is 30.5 Å². The number of ether oxygens (including phenoxy) is 1. The number of esters is 1. The Balaban J connectivity index is 2.37. The quantitative estimate of drug-likeness (QED) is 0.781. The average Bonchev–Trinajstić information content (AvgIpc) is 2.65. The Bertz CT molecular complexity index is 513. The van der Waals surface area contributed by atoms with Gasteiger partial charge in [0, 0.05) is 24.2 Å². The van der Waals surface area contributed by atoms with Crippen molar-refractivity contribution < 1.29 is 14.3 Å². The first-order valence-corrected chi connectivity index (χ1v) is 7.74. The number of nitrogens with zero attached hydrogens (tertiary/aromatic N) is 1. The molecule has 4 heteroatoms. The van der Waals surface area contributed by atoms with Gasteiger partial charge in [0.05, 0.1) is 6.61 Å². The van der Waals surface area contributed by atoms with Gasteiger partial charge in [0.25, 0.3) is 0 Å². The van der Waals surface area contributed by atoms with Crippen LogP contribution in [0.4, 0.5) is 5.69 Å². The molecule has 0 aromatic heterocycles. The van der Waals surface area contributed by atoms with Crippen molar-refractivity contribution in [1.82, 2.24) is 0 Å². The van der Waals surface area contributed by atoms with Crippen molar-refractivity contribution in [3.8, 4) is 0 Å². The van der Waals surface area contributed by atoms with Crippen LogP contribution in [0.3, 0.4) is 0 Å². The number of para-hydroxylation sites is 1. The zero-order chi connectivity index (χ0) is 15.2. The monoisotopic (exact) mass is 289 g/mol. The summed E-state index contributed by atoms with van der Waals surface area (Å²) in [5.41, 5.74) is 1.59. The number of fused-ring (bicyclic) bond motifs is 1. The second-order valence-electron chi connectivity index (χ2n) is 5.29. The highest BCUT2D eigenvalue weighted by Crippen LogP contribution is 2.29. The predicted molar refractivity (Wildman–Crippen MR) is 82.7 cm³/mol. The normalized spacial score (nSPS) is 16.1. The Morgan fingerprint density at radius 2 is 2.10 bits per heavy atom. The molecule has 1 aromatic rings. The van der Waals surface area contributed by atoms with E-state index in [2.05, 4.69) is 11.8 Å². The minimum atomic E-state index is -0.304. The molecule has 0 amide bonds. The van der Waals surface area contributed by atoms with Crippen molar-refractivity contribution in [2.45, 2.75) is 45.6 Å². The van der Waals surface area contributed by atoms with E-state index in [9.17, 15) is 9.59 Å². The summed E-state index contributed by atoms with van der Waals surface area (Å²) >= 11 is 0. The van der Waals surface area contributed by atoms with Gasteiger partial charge in [-0.3, -0.25) is 4.79 Å². The van der Waals surface area contributed by atoms with Gasteiger partial charge in [-0.05, 0) is 31.9 Å². The number of benzene rings is 1. The number of rotatable bonds is 5. The minimum Gasteiger partial charge on any atom is -0.464 e. The maximum atomic E-state index is 12.3. The maximum Gasteiger partial charge on any atom is 0.328 e. The fourth-order valence-corrected chi connectivity index (χ4v) is 2.86. The van der Waals surface area contributed by atoms with Crippen LogP contribution < -0.4 is 4.90 Å². The molecule has 0 bridgehead atoms. The van der Waals surface area contributed by atoms with E-state index in [1.165, 1.54) is 0 Å². The molecule has 1 aliphatic heterocycles. The van der Waals surface area contributed by atoms with E-state index in [-0.39, 0.29) is 17.8 Å². The summed E-state index contributed by atoms with van der Waals surface area (Å²) in [7, 11) is 0. The molecular weight excluding hydrogens is 266 g/mol. The number of hydrogen-bond donors (Lipinski definition) is 0. The van der Waals surface area contributed by atoms with Crippen LogP contribution in [0.15, 0.2) is 24.3 Å². The molecule has 0 saturated carbocycles. The third-order valence-corrected chi connectivity index (χ3v) is 3.81. The Morgan fingerprint density at radius 1 is 1.33 bits per heavy atom. The smallest absolute Gasteiger partial charge is 0.328 e. The van der Waals surface area contributed by atoms with Crippen LogP contribution in [0.2, 0.25) is 0 Å². The van der Waals surface area contributed by atoms with E-state index < -0.39 is 0 Å². The zero-order valence-electron chi connectivity index (χ0n) is 12.8. The Labute approximate surface area is 126 Å². The topological polar surface area (TPSA) is 46.6 Å². The molecule has 1 aliphatic rings. The van der Waals surface area contributed by atoms with Gasteiger partial charge in [-0.25, -0.2) is 4.79 Å². The largest absolute Gasteiger partial charge is 0.464 e. The van der Waals surface area contributed by atoms with Crippen LogP contribution in [0.1, 0.15) is 49.9 Å². The molecule has 2 rings (SSSR count). The second-order valence-corrected chi connectivity index (χ2v) is 5.29. The van der Waals surface area contributed by atoms with Gasteiger partial charge in [-0.1, -0.05) is 25.5 Å². The molecule has 114 valence electrons. The van der Waals surface area contributed by atoms with Gasteiger partial charge < -0.3 is 9.64 Å². The van der Waals surface area contributed by atoms with Crippen LogP contribution in [0, 0.1) is 0 Å². The number of carbonyl (C=O) groups is 2. The highest BCUT2D eigenvalue weighted by Gasteiger charge is 2.30. The van der Waals surface area contributed by atoms with Gasteiger partial charge >= 0.3 is 5.97 Å². The summed E-state index contributed by atoms with van der Waals surface area (Å²) in [6.07, 6.45) is 2.94. The first-order chi connectivity index (χ1) is 10.2. The third-order valence-electron chi connectivity index (χ3n) is 3.81. The van der Waals surface area contributed by atoms with Crippen LogP contribution in [-0.2, 0) is 9.53 Å². The van der Waals surface area contributed by atoms with Gasteiger partial charge in [-0.15, -0.1) is 0 Å². The molecule has 0 radical (unpaired) electrons. The molecule has 0 saturated heterocycles. The second kappa shape index (κ2) is 7.25. The van der Waals surface area contributed by atoms with Crippen molar-refractivity contribution in [1.29, 1.82) is 0 Å². The predicted octanol–water partition coefficient (Wildman–Crippen LogP) is 3.20. The minimum absolute atomic E-state index is 0.159. The fraction of sp³-hybridized carbons (Fsp3) is 0.529. The molecule has 0 aliphatic carbocycles. The van der Waals surface area contributed by atoms with Gasteiger partial charge in [-0.2, -0.15) is 0 Å². The third kappa shape index (κ3) is 3.43. The highest BCUT2D eigenvalue weighted by atomic mass is 16.5. The molecule has 1 atom stereocenters. The van der Waals surface area contributed by atoms with Gasteiger partial charge in [0.1, 0.15) is 6.04 Å². The van der Waals surface area contributed by atoms with E-state index in [0.29, 0.717) is 19.6 Å². The molecule has 0 N–H and O–H groups in total. The van der Waals surface area contributed by atoms with Crippen molar-refractivity contribution in [2.24, 2.45) is 0 Å². The van der Waals surface area contributed by atoms with Crippen molar-refractivity contribution in [3.63, 3.8) is 0 Å². The SMILES string of the molecule is CCCC(C(=O)OCC)N1CCCC(=O)c2ccccc21. The number of Topliss-reactive ketones (excluding diaryl/α,β-unsaturated/α-hetero) is 1. The van der Waals surface area contributed by atoms with Crippen LogP contribution >= 0.6 is 0 Å². The lowest BCUT2D eigenvalue weighted by molar-refractivity contribution is -0.145. The fourth-order valence-electron chi connectivity index (χ4n) is 2.86. The van der Waals surface area contributed by atoms with E-state index in [1.807, 2.05) is 31.2 Å². The molecule has 0 fully saturated rings. The van der Waals surface area contributed by atoms with Crippen molar-refractivity contribution >= 4 is 17.4 Å². The summed E-state index contributed by atoms with van der Waals surface area (Å²) < 4.78 is 5.23. The first-order valence-electron chi connectivity index (χ1n) is 7.74. The lowest BCUT2D eigenvalue weighted by Crippen LogP contribution is -2.43. The van der Waals surface area contributed by atoms with E-state index >= 15 is 0 Å². The molecule has 1 unspecified atom stereocenters. The van der Waals surface area contributed by atoms with Gasteiger partial charge in [0.15, 0.2) is 5.78 Å². The number of anilines is 1. The summed E-state index contributed by atoms with van der Waals surface area (Å²) in [6, 6.07) is 7.27. The highest BCUT2D eigenvalue weighted by molar-refractivity contribution is 6.02. The van der Waals surface area contributed by atoms with Gasteiger partial charge in [0.2, 0.25) is 0 Å². The average molecular weight is 289 g/mol. The standard InChI is InChI=1S/C17H23NO3/c1-3-8-15(17(20)21-4-2)18-12-7-11-16(19)13-9-5-6-10-14(13)18/h5-6,9-10,15H,3-4,7-8,11-12H2,1-2H3. The lowest BCUT2D eigenvalue weighted by atomic mass is 10.0. The molecule has 1 heterocycles. The number of carbonyl (C=O) groups excluding carboxylic acids is 2. The summed E-state index contributed by atoms with van der Waals surface area (Å²) in [5, 5.41) is 0. The Kier molecular flexibility index (Phi) is 5.37. The number of hydrogen-bond acceptors (Lipinski definition) is 4. The molecular formula is C17H23NO3. The number of ketones is 1. The molecule has 21 heavy (non-hydrogen) atoms. The first kappa shape index (κ1) is 15.5.